The van der Waals surface area contributed by atoms with E-state index in [1.54, 1.807) is 0 Å². The van der Waals surface area contributed by atoms with Crippen LogP contribution in [0.4, 0.5) is 0 Å². The van der Waals surface area contributed by atoms with Crippen LogP contribution in [0.15, 0.2) is 60.7 Å². The first kappa shape index (κ1) is 36.4. The molecule has 4 heterocycles. The smallest absolute Gasteiger partial charge is 0.0239 e. The molecule has 5 nitrogen and oxygen atoms in total. The number of nitrogens with two attached hydrogens (primary N) is 2. The summed E-state index contributed by atoms with van der Waals surface area (Å²) in [6.45, 7) is 2.23. The third kappa shape index (κ3) is 9.23. The average Bonchev–Trinajstić information content (AvgIpc) is 3.17. The molecule has 0 aliphatic carbocycles. The molecular weight excluding hydrogens is 550 g/mol. The fraction of sp³-hybridized carbons (Fsp3) is 0.571. The summed E-state index contributed by atoms with van der Waals surface area (Å²) >= 11 is 0. The monoisotopic (exact) mass is 594 g/mol. The number of benzene rings is 2. The summed E-state index contributed by atoms with van der Waals surface area (Å²) in [6, 6.07) is 25.5. The van der Waals surface area contributed by atoms with Crippen LogP contribution >= 0.6 is 49.6 Å². The number of piperidine rings is 2. The molecule has 9 heteroatoms. The molecular formula is C28H46Cl4N4O. The van der Waals surface area contributed by atoms with Crippen molar-refractivity contribution in [3.8, 4) is 0 Å². The van der Waals surface area contributed by atoms with Crippen LogP contribution in [0.5, 0.6) is 0 Å². The molecule has 0 saturated carbocycles. The number of halogens is 4. The summed E-state index contributed by atoms with van der Waals surface area (Å²) in [5.74, 6) is 0. The van der Waals surface area contributed by atoms with Gasteiger partial charge < -0.3 is 16.9 Å². The Kier molecular flexibility index (Phi) is 16.9. The van der Waals surface area contributed by atoms with Crippen LogP contribution in [0, 0.1) is 0 Å². The Morgan fingerprint density at radius 1 is 0.514 bits per heavy atom. The van der Waals surface area contributed by atoms with Crippen LogP contribution in [0.2, 0.25) is 0 Å². The molecule has 0 amide bonds. The van der Waals surface area contributed by atoms with Crippen LogP contribution in [0.1, 0.15) is 62.5 Å². The largest absolute Gasteiger partial charge is 0.412 e. The highest BCUT2D eigenvalue weighted by atomic mass is 35.5. The van der Waals surface area contributed by atoms with Crippen molar-refractivity contribution in [2.45, 2.75) is 101 Å². The maximum atomic E-state index is 6.08. The number of rotatable bonds is 4. The van der Waals surface area contributed by atoms with Crippen LogP contribution in [0.3, 0.4) is 0 Å². The number of hydrogen-bond acceptors (Lipinski definition) is 4. The Morgan fingerprint density at radius 2 is 0.784 bits per heavy atom. The molecule has 4 bridgehead atoms. The lowest BCUT2D eigenvalue weighted by molar-refractivity contribution is 0.120. The highest BCUT2D eigenvalue weighted by molar-refractivity contribution is 5.86. The second-order valence-electron chi connectivity index (χ2n) is 10.5. The van der Waals surface area contributed by atoms with Gasteiger partial charge in [0, 0.05) is 49.3 Å². The van der Waals surface area contributed by atoms with Gasteiger partial charge in [0.25, 0.3) is 0 Å². The van der Waals surface area contributed by atoms with Gasteiger partial charge in [0.15, 0.2) is 0 Å². The molecule has 6 N–H and O–H groups in total. The zero-order valence-electron chi connectivity index (χ0n) is 21.5. The molecule has 212 valence electrons. The second-order valence-corrected chi connectivity index (χ2v) is 10.5. The molecule has 0 spiro atoms. The van der Waals surface area contributed by atoms with E-state index >= 15 is 0 Å². The molecule has 0 aromatic heterocycles. The predicted molar refractivity (Wildman–Crippen MR) is 165 cm³/mol. The average molecular weight is 597 g/mol. The van der Waals surface area contributed by atoms with E-state index in [9.17, 15) is 0 Å². The zero-order chi connectivity index (χ0) is 21.9. The quantitative estimate of drug-likeness (QED) is 0.512. The fourth-order valence-electron chi connectivity index (χ4n) is 6.74. The lowest BCUT2D eigenvalue weighted by Gasteiger charge is -2.37. The maximum Gasteiger partial charge on any atom is 0.0239 e. The van der Waals surface area contributed by atoms with Gasteiger partial charge >= 0.3 is 0 Å². The second kappa shape index (κ2) is 17.2. The van der Waals surface area contributed by atoms with E-state index in [0.717, 1.165) is 37.3 Å². The molecule has 2 unspecified atom stereocenters. The highest BCUT2D eigenvalue weighted by Gasteiger charge is 2.40. The summed E-state index contributed by atoms with van der Waals surface area (Å²) in [7, 11) is 0. The van der Waals surface area contributed by atoms with E-state index in [2.05, 4.69) is 70.5 Å². The Hall–Kier alpha value is -0.600. The summed E-state index contributed by atoms with van der Waals surface area (Å²) in [5.41, 5.74) is 15.0. The van der Waals surface area contributed by atoms with Crippen LogP contribution < -0.4 is 11.5 Å². The Labute approximate surface area is 248 Å². The Bertz CT molecular complexity index is 766. The molecule has 4 fully saturated rings. The van der Waals surface area contributed by atoms with Crippen LogP contribution in [-0.2, 0) is 13.1 Å². The minimum atomic E-state index is 0. The highest BCUT2D eigenvalue weighted by Crippen LogP contribution is 2.37. The first-order valence-electron chi connectivity index (χ1n) is 12.8. The van der Waals surface area contributed by atoms with Crippen molar-refractivity contribution >= 4 is 49.6 Å². The number of nitrogens with zero attached hydrogens (tertiary/aromatic N) is 2. The van der Waals surface area contributed by atoms with Gasteiger partial charge in [-0.3, -0.25) is 9.80 Å². The van der Waals surface area contributed by atoms with Crippen LogP contribution in [-0.4, -0.2) is 51.5 Å². The van der Waals surface area contributed by atoms with Crippen molar-refractivity contribution in [2.24, 2.45) is 11.5 Å². The third-order valence-electron chi connectivity index (χ3n) is 8.26. The van der Waals surface area contributed by atoms with Gasteiger partial charge in [0.2, 0.25) is 0 Å². The molecule has 37 heavy (non-hydrogen) atoms. The first-order chi connectivity index (χ1) is 15.7. The number of fused-ring (bicyclic) bond motifs is 4. The van der Waals surface area contributed by atoms with Gasteiger partial charge in [-0.2, -0.15) is 0 Å². The van der Waals surface area contributed by atoms with E-state index in [4.69, 9.17) is 11.5 Å². The van der Waals surface area contributed by atoms with Crippen LogP contribution in [0.25, 0.3) is 0 Å². The standard InChI is InChI=1S/2C14H20N2.4ClH.H2O/c2*15-12-8-13-6-7-14(9-12)16(13)10-11-4-2-1-3-5-11;;;;;/h2*1-5,12-14H,6-10,15H2;4*1H;1H2/t2*12?,13-,14+;;;;;. The van der Waals surface area contributed by atoms with E-state index in [0.29, 0.717) is 12.1 Å². The molecule has 6 rings (SSSR count). The molecule has 4 saturated heterocycles. The Morgan fingerprint density at radius 3 is 1.05 bits per heavy atom. The molecule has 0 radical (unpaired) electrons. The minimum Gasteiger partial charge on any atom is -0.412 e. The van der Waals surface area contributed by atoms with E-state index in [-0.39, 0.29) is 55.1 Å². The van der Waals surface area contributed by atoms with Crippen molar-refractivity contribution in [3.63, 3.8) is 0 Å². The number of hydrogen-bond donors (Lipinski definition) is 2. The minimum absolute atomic E-state index is 0. The summed E-state index contributed by atoms with van der Waals surface area (Å²) < 4.78 is 0. The molecule has 6 atom stereocenters. The van der Waals surface area contributed by atoms with Crippen molar-refractivity contribution in [1.29, 1.82) is 0 Å². The normalized spacial score (nSPS) is 29.6. The molecule has 2 aromatic carbocycles. The molecule has 2 aromatic rings. The van der Waals surface area contributed by atoms with Crippen molar-refractivity contribution in [2.75, 3.05) is 0 Å². The summed E-state index contributed by atoms with van der Waals surface area (Å²) in [5, 5.41) is 0. The third-order valence-corrected chi connectivity index (χ3v) is 8.26. The first-order valence-corrected chi connectivity index (χ1v) is 12.8. The fourth-order valence-corrected chi connectivity index (χ4v) is 6.74. The van der Waals surface area contributed by atoms with Gasteiger partial charge in [0.1, 0.15) is 0 Å². The van der Waals surface area contributed by atoms with Gasteiger partial charge in [-0.15, -0.1) is 49.6 Å². The van der Waals surface area contributed by atoms with Crippen molar-refractivity contribution in [3.05, 3.63) is 71.8 Å². The lowest BCUT2D eigenvalue weighted by Crippen LogP contribution is -2.46. The maximum absolute atomic E-state index is 6.08. The van der Waals surface area contributed by atoms with E-state index < -0.39 is 0 Å². The summed E-state index contributed by atoms with van der Waals surface area (Å²) in [6.07, 6.45) is 10.2. The van der Waals surface area contributed by atoms with Crippen molar-refractivity contribution in [1.82, 2.24) is 9.80 Å². The van der Waals surface area contributed by atoms with Gasteiger partial charge in [-0.1, -0.05) is 60.7 Å². The summed E-state index contributed by atoms with van der Waals surface area (Å²) in [4.78, 5) is 5.36. The van der Waals surface area contributed by atoms with Gasteiger partial charge in [0.05, 0.1) is 0 Å². The SMILES string of the molecule is Cl.Cl.Cl.Cl.NC1C[C@H]2CC[C@@H](C1)N2Cc1ccccc1.NC1C[C@H]2CC[C@@H](C1)N2Cc1ccccc1.O. The predicted octanol–water partition coefficient (Wildman–Crippen LogP) is 5.14. The van der Waals surface area contributed by atoms with E-state index in [1.807, 2.05) is 0 Å². The van der Waals surface area contributed by atoms with Gasteiger partial charge in [-0.05, 0) is 62.5 Å². The topological polar surface area (TPSA) is 90.0 Å². The zero-order valence-corrected chi connectivity index (χ0v) is 24.8. The lowest BCUT2D eigenvalue weighted by atomic mass is 9.97. The molecule has 4 aliphatic heterocycles. The molecule has 4 aliphatic rings. The Balaban J connectivity index is 0.000000617. The van der Waals surface area contributed by atoms with Gasteiger partial charge in [-0.25, -0.2) is 0 Å². The van der Waals surface area contributed by atoms with E-state index in [1.165, 1.54) is 62.5 Å². The van der Waals surface area contributed by atoms with Crippen molar-refractivity contribution < 1.29 is 5.48 Å².